The number of pyridine rings is 1. The molecule has 0 bridgehead atoms. The Bertz CT molecular complexity index is 775. The molecule has 0 saturated carbocycles. The molecule has 2 aromatic heterocycles. The molecule has 108 valence electrons. The highest BCUT2D eigenvalue weighted by Gasteiger charge is 2.15. The van der Waals surface area contributed by atoms with Gasteiger partial charge in [0.1, 0.15) is 0 Å². The van der Waals surface area contributed by atoms with Crippen molar-refractivity contribution in [1.29, 1.82) is 0 Å². The summed E-state index contributed by atoms with van der Waals surface area (Å²) in [5.41, 5.74) is 4.48. The zero-order valence-electron chi connectivity index (χ0n) is 12.0. The third-order valence-electron chi connectivity index (χ3n) is 3.70. The molecule has 0 unspecified atom stereocenters. The van der Waals surface area contributed by atoms with Gasteiger partial charge < -0.3 is 5.11 Å². The summed E-state index contributed by atoms with van der Waals surface area (Å²) in [6.45, 7) is 4.25. The van der Waals surface area contributed by atoms with E-state index in [2.05, 4.69) is 31.0 Å². The molecular weight excluding hydrogens is 284 g/mol. The van der Waals surface area contributed by atoms with Crippen LogP contribution in [0.25, 0.3) is 16.9 Å². The quantitative estimate of drug-likeness (QED) is 0.784. The molecule has 0 aliphatic carbocycles. The van der Waals surface area contributed by atoms with E-state index in [0.29, 0.717) is 16.6 Å². The van der Waals surface area contributed by atoms with Crippen molar-refractivity contribution >= 4 is 17.2 Å². The first-order valence-electron chi connectivity index (χ1n) is 6.98. The van der Waals surface area contributed by atoms with E-state index in [0.717, 1.165) is 17.0 Å². The summed E-state index contributed by atoms with van der Waals surface area (Å²) in [5.74, 6) is 0.492. The Morgan fingerprint density at radius 3 is 2.52 bits per heavy atom. The van der Waals surface area contributed by atoms with E-state index >= 15 is 0 Å². The molecule has 0 fully saturated rings. The minimum Gasteiger partial charge on any atom is -0.390 e. The van der Waals surface area contributed by atoms with Crippen molar-refractivity contribution in [2.45, 2.75) is 26.4 Å². The molecule has 0 spiro atoms. The second-order valence-electron chi connectivity index (χ2n) is 5.39. The number of benzene rings is 1. The van der Waals surface area contributed by atoms with Crippen LogP contribution in [0, 0.1) is 0 Å². The second kappa shape index (κ2) is 5.51. The summed E-state index contributed by atoms with van der Waals surface area (Å²) in [5, 5.41) is 10.3. The van der Waals surface area contributed by atoms with E-state index in [-0.39, 0.29) is 6.61 Å². The lowest BCUT2D eigenvalue weighted by molar-refractivity contribution is 0.276. The van der Waals surface area contributed by atoms with Crippen molar-refractivity contribution in [3.8, 4) is 11.3 Å². The van der Waals surface area contributed by atoms with Crippen LogP contribution < -0.4 is 0 Å². The van der Waals surface area contributed by atoms with Gasteiger partial charge in [-0.2, -0.15) is 0 Å². The number of rotatable bonds is 3. The number of aliphatic hydroxyl groups is 1. The monoisotopic (exact) mass is 300 g/mol. The molecule has 3 rings (SSSR count). The maximum atomic E-state index is 9.70. The fraction of sp³-hybridized carbons (Fsp3) is 0.235. The summed E-state index contributed by atoms with van der Waals surface area (Å²) in [7, 11) is 0. The van der Waals surface area contributed by atoms with E-state index < -0.39 is 0 Å². The zero-order chi connectivity index (χ0) is 15.0. The first kappa shape index (κ1) is 14.1. The summed E-state index contributed by atoms with van der Waals surface area (Å²) in [6.07, 6.45) is 1.87. The van der Waals surface area contributed by atoms with Crippen LogP contribution in [-0.4, -0.2) is 14.5 Å². The molecule has 3 nitrogen and oxygen atoms in total. The van der Waals surface area contributed by atoms with Gasteiger partial charge in [0.25, 0.3) is 0 Å². The SMILES string of the molecule is CC(C)c1ccc(-c2nc3c(Cl)cccn3c2CO)cc1. The topological polar surface area (TPSA) is 37.5 Å². The van der Waals surface area contributed by atoms with Crippen molar-refractivity contribution in [3.05, 3.63) is 58.9 Å². The highest BCUT2D eigenvalue weighted by molar-refractivity contribution is 6.33. The fourth-order valence-corrected chi connectivity index (χ4v) is 2.70. The Labute approximate surface area is 128 Å². The maximum absolute atomic E-state index is 9.70. The van der Waals surface area contributed by atoms with Gasteiger partial charge in [-0.3, -0.25) is 4.40 Å². The van der Waals surface area contributed by atoms with Crippen LogP contribution in [0.3, 0.4) is 0 Å². The van der Waals surface area contributed by atoms with Gasteiger partial charge in [0.15, 0.2) is 5.65 Å². The smallest absolute Gasteiger partial charge is 0.156 e. The molecule has 2 heterocycles. The number of hydrogen-bond donors (Lipinski definition) is 1. The molecule has 21 heavy (non-hydrogen) atoms. The molecule has 0 aliphatic heterocycles. The Morgan fingerprint density at radius 1 is 1.19 bits per heavy atom. The van der Waals surface area contributed by atoms with E-state index in [1.54, 1.807) is 6.07 Å². The van der Waals surface area contributed by atoms with E-state index in [1.165, 1.54) is 5.56 Å². The van der Waals surface area contributed by atoms with Crippen LogP contribution in [0.2, 0.25) is 5.02 Å². The van der Waals surface area contributed by atoms with Gasteiger partial charge in [-0.05, 0) is 23.6 Å². The first-order chi connectivity index (χ1) is 10.1. The predicted octanol–water partition coefficient (Wildman–Crippen LogP) is 4.27. The van der Waals surface area contributed by atoms with Gasteiger partial charge in [-0.25, -0.2) is 4.98 Å². The highest BCUT2D eigenvalue weighted by atomic mass is 35.5. The fourth-order valence-electron chi connectivity index (χ4n) is 2.49. The summed E-state index contributed by atoms with van der Waals surface area (Å²) < 4.78 is 1.84. The van der Waals surface area contributed by atoms with E-state index in [9.17, 15) is 5.11 Å². The Kier molecular flexibility index (Phi) is 3.70. The van der Waals surface area contributed by atoms with Crippen LogP contribution in [0.5, 0.6) is 0 Å². The van der Waals surface area contributed by atoms with Gasteiger partial charge in [0.2, 0.25) is 0 Å². The molecule has 0 saturated heterocycles. The minimum atomic E-state index is -0.0806. The van der Waals surface area contributed by atoms with Crippen LogP contribution >= 0.6 is 11.6 Å². The third-order valence-corrected chi connectivity index (χ3v) is 4.00. The Balaban J connectivity index is 2.17. The summed E-state index contributed by atoms with van der Waals surface area (Å²) in [4.78, 5) is 4.60. The number of halogens is 1. The number of aromatic nitrogens is 2. The van der Waals surface area contributed by atoms with Crippen molar-refractivity contribution < 1.29 is 5.11 Å². The summed E-state index contributed by atoms with van der Waals surface area (Å²) in [6, 6.07) is 12.0. The van der Waals surface area contributed by atoms with E-state index in [4.69, 9.17) is 11.6 Å². The number of hydrogen-bond acceptors (Lipinski definition) is 2. The normalized spacial score (nSPS) is 11.5. The van der Waals surface area contributed by atoms with Gasteiger partial charge >= 0.3 is 0 Å². The van der Waals surface area contributed by atoms with Gasteiger partial charge in [0, 0.05) is 11.8 Å². The standard InChI is InChI=1S/C17H17ClN2O/c1-11(2)12-5-7-13(8-6-12)16-15(10-21)20-9-3-4-14(18)17(20)19-16/h3-9,11,21H,10H2,1-2H3. The van der Waals surface area contributed by atoms with Crippen molar-refractivity contribution in [2.75, 3.05) is 0 Å². The van der Waals surface area contributed by atoms with Crippen LogP contribution in [-0.2, 0) is 6.61 Å². The van der Waals surface area contributed by atoms with Gasteiger partial charge in [0.05, 0.1) is 23.0 Å². The predicted molar refractivity (Wildman–Crippen MR) is 85.6 cm³/mol. The maximum Gasteiger partial charge on any atom is 0.156 e. The van der Waals surface area contributed by atoms with Gasteiger partial charge in [-0.1, -0.05) is 49.7 Å². The minimum absolute atomic E-state index is 0.0806. The Hall–Kier alpha value is -1.84. The zero-order valence-corrected chi connectivity index (χ0v) is 12.8. The lowest BCUT2D eigenvalue weighted by atomic mass is 10.0. The molecule has 4 heteroatoms. The molecular formula is C17H17ClN2O. The largest absolute Gasteiger partial charge is 0.390 e. The molecule has 1 N–H and O–H groups in total. The van der Waals surface area contributed by atoms with E-state index in [1.807, 2.05) is 28.8 Å². The molecule has 0 radical (unpaired) electrons. The molecule has 1 aromatic carbocycles. The lowest BCUT2D eigenvalue weighted by Gasteiger charge is -2.06. The number of nitrogens with zero attached hydrogens (tertiary/aromatic N) is 2. The number of fused-ring (bicyclic) bond motifs is 1. The molecule has 0 atom stereocenters. The van der Waals surface area contributed by atoms with Crippen LogP contribution in [0.4, 0.5) is 0 Å². The van der Waals surface area contributed by atoms with Crippen molar-refractivity contribution in [2.24, 2.45) is 0 Å². The first-order valence-corrected chi connectivity index (χ1v) is 7.36. The molecule has 0 amide bonds. The Morgan fingerprint density at radius 2 is 1.90 bits per heavy atom. The third kappa shape index (κ3) is 2.43. The second-order valence-corrected chi connectivity index (χ2v) is 5.80. The highest BCUT2D eigenvalue weighted by Crippen LogP contribution is 2.28. The number of aliphatic hydroxyl groups excluding tert-OH is 1. The van der Waals surface area contributed by atoms with Crippen LogP contribution in [0.15, 0.2) is 42.6 Å². The average molecular weight is 301 g/mol. The average Bonchev–Trinajstić information content (AvgIpc) is 2.87. The van der Waals surface area contributed by atoms with Gasteiger partial charge in [-0.15, -0.1) is 0 Å². The van der Waals surface area contributed by atoms with Crippen molar-refractivity contribution in [3.63, 3.8) is 0 Å². The molecule has 3 aromatic rings. The number of imidazole rings is 1. The van der Waals surface area contributed by atoms with Crippen molar-refractivity contribution in [1.82, 2.24) is 9.38 Å². The lowest BCUT2D eigenvalue weighted by Crippen LogP contribution is -1.94. The van der Waals surface area contributed by atoms with Crippen LogP contribution in [0.1, 0.15) is 31.0 Å². The summed E-state index contributed by atoms with van der Waals surface area (Å²) >= 11 is 6.19. The molecule has 0 aliphatic rings.